The summed E-state index contributed by atoms with van der Waals surface area (Å²) in [6.07, 6.45) is 8.10. The highest BCUT2D eigenvalue weighted by molar-refractivity contribution is 5.80. The second kappa shape index (κ2) is 7.77. The van der Waals surface area contributed by atoms with Crippen molar-refractivity contribution in [2.45, 2.75) is 45.8 Å². The van der Waals surface area contributed by atoms with Gasteiger partial charge in [-0.05, 0) is 27.2 Å². The highest BCUT2D eigenvalue weighted by Gasteiger charge is 2.25. The van der Waals surface area contributed by atoms with Gasteiger partial charge in [0.1, 0.15) is 18.7 Å². The maximum Gasteiger partial charge on any atom is 0.247 e. The van der Waals surface area contributed by atoms with Crippen LogP contribution in [0.15, 0.2) is 25.0 Å². The molecule has 0 aliphatic carbocycles. The van der Waals surface area contributed by atoms with Gasteiger partial charge in [-0.3, -0.25) is 14.4 Å². The first kappa shape index (κ1) is 17.6. The first-order chi connectivity index (χ1) is 12.0. The minimum absolute atomic E-state index is 0.111. The fraction of sp³-hybridized carbons (Fsp3) is 0.647. The number of amides is 1. The Morgan fingerprint density at radius 2 is 1.96 bits per heavy atom. The fourth-order valence-corrected chi connectivity index (χ4v) is 3.14. The summed E-state index contributed by atoms with van der Waals surface area (Å²) in [6.45, 7) is 10.4. The van der Waals surface area contributed by atoms with Gasteiger partial charge in [0.15, 0.2) is 0 Å². The van der Waals surface area contributed by atoms with E-state index in [-0.39, 0.29) is 11.9 Å². The molecule has 2 aromatic rings. The summed E-state index contributed by atoms with van der Waals surface area (Å²) in [6, 6.07) is 0.0718. The summed E-state index contributed by atoms with van der Waals surface area (Å²) >= 11 is 0. The smallest absolute Gasteiger partial charge is 0.247 e. The first-order valence-electron chi connectivity index (χ1n) is 8.93. The third kappa shape index (κ3) is 4.25. The van der Waals surface area contributed by atoms with E-state index in [1.165, 1.54) is 11.9 Å². The van der Waals surface area contributed by atoms with Crippen LogP contribution >= 0.6 is 0 Å². The van der Waals surface area contributed by atoms with Crippen molar-refractivity contribution in [2.75, 3.05) is 26.2 Å². The van der Waals surface area contributed by atoms with E-state index in [1.54, 1.807) is 11.0 Å². The number of nitrogens with zero attached hydrogens (tertiary/aromatic N) is 7. The molecule has 1 fully saturated rings. The first-order valence-corrected chi connectivity index (χ1v) is 8.93. The van der Waals surface area contributed by atoms with Gasteiger partial charge in [-0.15, -0.1) is 0 Å². The second-order valence-electron chi connectivity index (χ2n) is 6.93. The summed E-state index contributed by atoms with van der Waals surface area (Å²) in [7, 11) is 0. The van der Waals surface area contributed by atoms with Gasteiger partial charge in [0.05, 0.1) is 6.20 Å². The normalized spacial score (nSPS) is 17.7. The Morgan fingerprint density at radius 3 is 2.64 bits per heavy atom. The van der Waals surface area contributed by atoms with Crippen molar-refractivity contribution >= 4 is 5.91 Å². The van der Waals surface area contributed by atoms with Gasteiger partial charge in [-0.25, -0.2) is 9.67 Å². The molecule has 0 saturated carbocycles. The molecule has 0 spiro atoms. The molecule has 1 aliphatic rings. The lowest BCUT2D eigenvalue weighted by Gasteiger charge is -2.24. The molecule has 8 nitrogen and oxygen atoms in total. The maximum atomic E-state index is 12.7. The summed E-state index contributed by atoms with van der Waals surface area (Å²) in [4.78, 5) is 21.0. The molecule has 0 bridgehead atoms. The molecular weight excluding hydrogens is 318 g/mol. The van der Waals surface area contributed by atoms with Crippen LogP contribution in [0.5, 0.6) is 0 Å². The Balaban J connectivity index is 1.55. The van der Waals surface area contributed by atoms with Gasteiger partial charge >= 0.3 is 0 Å². The van der Waals surface area contributed by atoms with E-state index in [1.807, 2.05) is 22.7 Å². The molecule has 3 heterocycles. The Morgan fingerprint density at radius 1 is 1.12 bits per heavy atom. The van der Waals surface area contributed by atoms with Crippen LogP contribution in [-0.2, 0) is 11.3 Å². The molecule has 136 valence electrons. The van der Waals surface area contributed by atoms with E-state index in [4.69, 9.17) is 0 Å². The number of carbonyl (C=O) groups excluding carboxylic acids is 1. The minimum Gasteiger partial charge on any atom is -0.340 e. The lowest BCUT2D eigenvalue weighted by atomic mass is 10.2. The minimum atomic E-state index is -0.307. The van der Waals surface area contributed by atoms with Crippen molar-refractivity contribution in [1.29, 1.82) is 0 Å². The lowest BCUT2D eigenvalue weighted by Crippen LogP contribution is -2.39. The van der Waals surface area contributed by atoms with E-state index >= 15 is 0 Å². The molecular formula is C17H27N7O. The summed E-state index contributed by atoms with van der Waals surface area (Å²) in [5.74, 6) is 0.111. The molecule has 0 unspecified atom stereocenters. The SMILES string of the molecule is CC(C)n1cc(CN2CCCN(C(=O)[C@@H](C)n3cncn3)CC2)cn1. The van der Waals surface area contributed by atoms with Crippen LogP contribution in [0.3, 0.4) is 0 Å². The molecule has 1 aliphatic heterocycles. The van der Waals surface area contributed by atoms with Gasteiger partial charge in [-0.1, -0.05) is 0 Å². The summed E-state index contributed by atoms with van der Waals surface area (Å²) in [5, 5.41) is 8.49. The van der Waals surface area contributed by atoms with Crippen LogP contribution in [0.1, 0.15) is 44.8 Å². The monoisotopic (exact) mass is 345 g/mol. The predicted octanol–water partition coefficient (Wildman–Crippen LogP) is 1.35. The van der Waals surface area contributed by atoms with Crippen LogP contribution in [0, 0.1) is 0 Å². The number of carbonyl (C=O) groups is 1. The van der Waals surface area contributed by atoms with Crippen LogP contribution in [-0.4, -0.2) is 66.4 Å². The quantitative estimate of drug-likeness (QED) is 0.818. The zero-order chi connectivity index (χ0) is 17.8. The van der Waals surface area contributed by atoms with Gasteiger partial charge < -0.3 is 4.90 Å². The largest absolute Gasteiger partial charge is 0.340 e. The zero-order valence-electron chi connectivity index (χ0n) is 15.2. The molecule has 1 saturated heterocycles. The van der Waals surface area contributed by atoms with Gasteiger partial charge in [0, 0.05) is 50.5 Å². The average molecular weight is 345 g/mol. The number of hydrogen-bond donors (Lipinski definition) is 0. The van der Waals surface area contributed by atoms with Crippen LogP contribution in [0.25, 0.3) is 0 Å². The molecule has 0 radical (unpaired) electrons. The van der Waals surface area contributed by atoms with E-state index in [9.17, 15) is 4.79 Å². The molecule has 2 aromatic heterocycles. The number of hydrogen-bond acceptors (Lipinski definition) is 5. The van der Waals surface area contributed by atoms with E-state index in [2.05, 4.69) is 40.1 Å². The average Bonchev–Trinajstić information content (AvgIpc) is 3.23. The predicted molar refractivity (Wildman–Crippen MR) is 93.8 cm³/mol. The molecule has 0 N–H and O–H groups in total. The molecule has 8 heteroatoms. The Kier molecular flexibility index (Phi) is 5.47. The maximum absolute atomic E-state index is 12.7. The van der Waals surface area contributed by atoms with Crippen LogP contribution < -0.4 is 0 Å². The Hall–Kier alpha value is -2.22. The highest BCUT2D eigenvalue weighted by Crippen LogP contribution is 2.14. The topological polar surface area (TPSA) is 72.1 Å². The molecule has 0 aromatic carbocycles. The number of aromatic nitrogens is 5. The molecule has 1 amide bonds. The standard InChI is InChI=1S/C17H27N7O/c1-14(2)23-11-16(9-19-23)10-21-5-4-6-22(8-7-21)17(25)15(3)24-13-18-12-20-24/h9,11-15H,4-8,10H2,1-3H3/t15-/m1/s1. The second-order valence-corrected chi connectivity index (χ2v) is 6.93. The lowest BCUT2D eigenvalue weighted by molar-refractivity contribution is -0.134. The van der Waals surface area contributed by atoms with Gasteiger partial charge in [-0.2, -0.15) is 10.2 Å². The Labute approximate surface area is 148 Å². The summed E-state index contributed by atoms with van der Waals surface area (Å²) < 4.78 is 3.61. The van der Waals surface area contributed by atoms with Crippen molar-refractivity contribution in [1.82, 2.24) is 34.3 Å². The third-order valence-corrected chi connectivity index (χ3v) is 4.68. The molecule has 3 rings (SSSR count). The summed E-state index contributed by atoms with van der Waals surface area (Å²) in [5.41, 5.74) is 1.23. The van der Waals surface area contributed by atoms with E-state index in [0.29, 0.717) is 6.04 Å². The van der Waals surface area contributed by atoms with Gasteiger partial charge in [0.25, 0.3) is 0 Å². The Bertz CT molecular complexity index is 679. The fourth-order valence-electron chi connectivity index (χ4n) is 3.14. The van der Waals surface area contributed by atoms with Crippen molar-refractivity contribution in [3.8, 4) is 0 Å². The van der Waals surface area contributed by atoms with E-state index in [0.717, 1.165) is 39.1 Å². The van der Waals surface area contributed by atoms with Crippen LogP contribution in [0.4, 0.5) is 0 Å². The van der Waals surface area contributed by atoms with E-state index < -0.39 is 0 Å². The van der Waals surface area contributed by atoms with Crippen molar-refractivity contribution in [2.24, 2.45) is 0 Å². The third-order valence-electron chi connectivity index (χ3n) is 4.68. The van der Waals surface area contributed by atoms with Gasteiger partial charge in [0.2, 0.25) is 5.91 Å². The van der Waals surface area contributed by atoms with Crippen molar-refractivity contribution < 1.29 is 4.79 Å². The zero-order valence-corrected chi connectivity index (χ0v) is 15.2. The van der Waals surface area contributed by atoms with Crippen LogP contribution in [0.2, 0.25) is 0 Å². The van der Waals surface area contributed by atoms with Crippen molar-refractivity contribution in [3.05, 3.63) is 30.6 Å². The molecule has 1 atom stereocenters. The molecule has 25 heavy (non-hydrogen) atoms. The number of rotatable bonds is 5. The highest BCUT2D eigenvalue weighted by atomic mass is 16.2. The van der Waals surface area contributed by atoms with Crippen molar-refractivity contribution in [3.63, 3.8) is 0 Å².